The summed E-state index contributed by atoms with van der Waals surface area (Å²) in [5.41, 5.74) is 5.78. The third-order valence-corrected chi connectivity index (χ3v) is 7.65. The van der Waals surface area contributed by atoms with Crippen LogP contribution in [0.1, 0.15) is 57.5 Å². The van der Waals surface area contributed by atoms with E-state index in [-0.39, 0.29) is 30.6 Å². The molecule has 0 aromatic heterocycles. The Labute approximate surface area is 242 Å². The van der Waals surface area contributed by atoms with Crippen LogP contribution in [0.3, 0.4) is 0 Å². The van der Waals surface area contributed by atoms with Gasteiger partial charge in [-0.05, 0) is 41.4 Å². The number of nitrogens with one attached hydrogen (secondary N) is 1. The molecule has 212 valence electrons. The van der Waals surface area contributed by atoms with Crippen LogP contribution in [0, 0.1) is 5.92 Å². The second-order valence-corrected chi connectivity index (χ2v) is 10.8. The summed E-state index contributed by atoms with van der Waals surface area (Å²) in [5, 5.41) is 12.5. The molecule has 0 bridgehead atoms. The quantitative estimate of drug-likeness (QED) is 0.252. The molecule has 4 atom stereocenters. The maximum Gasteiger partial charge on any atom is 0.251 e. The fraction of sp³-hybridized carbons (Fsp3) is 0.286. The Morgan fingerprint density at radius 3 is 2.05 bits per heavy atom. The zero-order valence-electron chi connectivity index (χ0n) is 23.6. The van der Waals surface area contributed by atoms with Crippen LogP contribution in [0.4, 0.5) is 0 Å². The lowest BCUT2D eigenvalue weighted by Crippen LogP contribution is -2.43. The van der Waals surface area contributed by atoms with Crippen LogP contribution in [0.5, 0.6) is 0 Å². The van der Waals surface area contributed by atoms with Crippen LogP contribution in [0.25, 0.3) is 0 Å². The molecule has 1 aliphatic rings. The SMILES string of the molecule is C[C@H]1[C@@H](CN(C)Cc2ccccc2)O[C@@H](c2ccc(CNC(=O)c3ccccc3)cc2)O[C@H]1c1ccc(CO)cc1. The average molecular weight is 551 g/mol. The molecular weight excluding hydrogens is 512 g/mol. The number of carbonyl (C=O) groups is 1. The molecule has 2 N–H and O–H groups in total. The van der Waals surface area contributed by atoms with Gasteiger partial charge in [-0.15, -0.1) is 0 Å². The molecule has 0 saturated carbocycles. The highest BCUT2D eigenvalue weighted by Gasteiger charge is 2.38. The van der Waals surface area contributed by atoms with E-state index in [9.17, 15) is 9.90 Å². The van der Waals surface area contributed by atoms with E-state index in [1.165, 1.54) is 5.56 Å². The first-order chi connectivity index (χ1) is 20.0. The number of hydrogen-bond donors (Lipinski definition) is 2. The molecule has 0 aliphatic carbocycles. The van der Waals surface area contributed by atoms with E-state index in [0.29, 0.717) is 12.1 Å². The molecule has 1 fully saturated rings. The maximum atomic E-state index is 12.4. The average Bonchev–Trinajstić information content (AvgIpc) is 3.02. The summed E-state index contributed by atoms with van der Waals surface area (Å²) in [7, 11) is 2.12. The molecule has 1 amide bonds. The molecule has 6 nitrogen and oxygen atoms in total. The summed E-state index contributed by atoms with van der Waals surface area (Å²) >= 11 is 0. The highest BCUT2D eigenvalue weighted by Crippen LogP contribution is 2.41. The minimum absolute atomic E-state index is 0.0121. The van der Waals surface area contributed by atoms with Crippen LogP contribution in [-0.4, -0.2) is 35.6 Å². The third kappa shape index (κ3) is 7.48. The molecule has 1 heterocycles. The normalized spacial score (nSPS) is 20.6. The minimum Gasteiger partial charge on any atom is -0.392 e. The van der Waals surface area contributed by atoms with Crippen molar-refractivity contribution in [2.24, 2.45) is 5.92 Å². The first-order valence-electron chi connectivity index (χ1n) is 14.2. The molecule has 41 heavy (non-hydrogen) atoms. The lowest BCUT2D eigenvalue weighted by atomic mass is 9.90. The van der Waals surface area contributed by atoms with E-state index in [2.05, 4.69) is 48.5 Å². The molecule has 4 aromatic rings. The van der Waals surface area contributed by atoms with Gasteiger partial charge in [0.2, 0.25) is 0 Å². The first kappa shape index (κ1) is 28.7. The second kappa shape index (κ2) is 13.7. The van der Waals surface area contributed by atoms with E-state index in [4.69, 9.17) is 9.47 Å². The number of likely N-dealkylation sites (N-methyl/N-ethyl adjacent to an activating group) is 1. The Morgan fingerprint density at radius 2 is 1.39 bits per heavy atom. The van der Waals surface area contributed by atoms with Crippen molar-refractivity contribution in [3.63, 3.8) is 0 Å². The van der Waals surface area contributed by atoms with E-state index >= 15 is 0 Å². The summed E-state index contributed by atoms with van der Waals surface area (Å²) in [4.78, 5) is 14.7. The van der Waals surface area contributed by atoms with Gasteiger partial charge >= 0.3 is 0 Å². The largest absolute Gasteiger partial charge is 0.392 e. The fourth-order valence-corrected chi connectivity index (χ4v) is 5.26. The van der Waals surface area contributed by atoms with E-state index in [0.717, 1.165) is 35.3 Å². The fourth-order valence-electron chi connectivity index (χ4n) is 5.26. The highest BCUT2D eigenvalue weighted by molar-refractivity contribution is 5.94. The van der Waals surface area contributed by atoms with Crippen LogP contribution in [0.15, 0.2) is 109 Å². The maximum absolute atomic E-state index is 12.4. The lowest BCUT2D eigenvalue weighted by Gasteiger charge is -2.42. The van der Waals surface area contributed by atoms with Gasteiger partial charge in [0.15, 0.2) is 6.29 Å². The molecule has 4 aromatic carbocycles. The number of ether oxygens (including phenoxy) is 2. The summed E-state index contributed by atoms with van der Waals surface area (Å²) in [6.45, 7) is 4.21. The molecular formula is C35H38N2O4. The Morgan fingerprint density at radius 1 is 0.780 bits per heavy atom. The first-order valence-corrected chi connectivity index (χ1v) is 14.2. The number of aliphatic hydroxyl groups excluding tert-OH is 1. The predicted octanol–water partition coefficient (Wildman–Crippen LogP) is 6.03. The zero-order chi connectivity index (χ0) is 28.6. The van der Waals surface area contributed by atoms with Crippen molar-refractivity contribution in [1.82, 2.24) is 10.2 Å². The third-order valence-electron chi connectivity index (χ3n) is 7.65. The van der Waals surface area contributed by atoms with E-state index < -0.39 is 6.29 Å². The number of aliphatic hydroxyl groups is 1. The zero-order valence-corrected chi connectivity index (χ0v) is 23.6. The molecule has 0 unspecified atom stereocenters. The van der Waals surface area contributed by atoms with Crippen LogP contribution < -0.4 is 5.32 Å². The topological polar surface area (TPSA) is 71.0 Å². The van der Waals surface area contributed by atoms with Gasteiger partial charge in [0.05, 0.1) is 18.8 Å². The van der Waals surface area contributed by atoms with Gasteiger partial charge in [-0.1, -0.05) is 104 Å². The van der Waals surface area contributed by atoms with Crippen molar-refractivity contribution in [1.29, 1.82) is 0 Å². The molecule has 5 rings (SSSR count). The van der Waals surface area contributed by atoms with E-state index in [1.807, 2.05) is 72.8 Å². The van der Waals surface area contributed by atoms with Crippen molar-refractivity contribution in [2.75, 3.05) is 13.6 Å². The highest BCUT2D eigenvalue weighted by atomic mass is 16.7. The number of amides is 1. The van der Waals surface area contributed by atoms with Crippen LogP contribution >= 0.6 is 0 Å². The Balaban J connectivity index is 1.30. The summed E-state index contributed by atoms with van der Waals surface area (Å²) < 4.78 is 13.2. The van der Waals surface area contributed by atoms with Gasteiger partial charge in [0.1, 0.15) is 0 Å². The van der Waals surface area contributed by atoms with Crippen LogP contribution in [-0.2, 0) is 29.2 Å². The summed E-state index contributed by atoms with van der Waals surface area (Å²) in [6, 6.07) is 35.7. The lowest BCUT2D eigenvalue weighted by molar-refractivity contribution is -0.276. The molecule has 0 spiro atoms. The van der Waals surface area contributed by atoms with Crippen molar-refractivity contribution < 1.29 is 19.4 Å². The van der Waals surface area contributed by atoms with Gasteiger partial charge in [-0.3, -0.25) is 9.69 Å². The summed E-state index contributed by atoms with van der Waals surface area (Å²) in [6.07, 6.45) is -0.756. The predicted molar refractivity (Wildman–Crippen MR) is 160 cm³/mol. The van der Waals surface area contributed by atoms with E-state index in [1.54, 1.807) is 12.1 Å². The second-order valence-electron chi connectivity index (χ2n) is 10.8. The van der Waals surface area contributed by atoms with Crippen molar-refractivity contribution >= 4 is 5.91 Å². The van der Waals surface area contributed by atoms with Gasteiger partial charge in [-0.2, -0.15) is 0 Å². The summed E-state index contributed by atoms with van der Waals surface area (Å²) in [5.74, 6) is 0.0112. The number of rotatable bonds is 10. The number of carbonyl (C=O) groups excluding carboxylic acids is 1. The molecule has 1 aliphatic heterocycles. The van der Waals surface area contributed by atoms with Gasteiger partial charge in [0, 0.05) is 36.7 Å². The van der Waals surface area contributed by atoms with Crippen molar-refractivity contribution in [3.8, 4) is 0 Å². The standard InChI is InChI=1S/C35H38N2O4/c1-25-32(23-37(2)22-27-9-5-3-6-10-27)40-35(41-33(25)29-17-15-28(24-38)16-18-29)31-19-13-26(14-20-31)21-36-34(39)30-11-7-4-8-12-30/h3-20,25,32-33,35,38H,21-24H2,1-2H3,(H,36,39)/t25-,32+,33+,35+/m0/s1. The smallest absolute Gasteiger partial charge is 0.251 e. The number of nitrogens with zero attached hydrogens (tertiary/aromatic N) is 1. The Hall–Kier alpha value is -3.81. The molecule has 6 heteroatoms. The van der Waals surface area contributed by atoms with Gasteiger partial charge < -0.3 is 19.9 Å². The van der Waals surface area contributed by atoms with Gasteiger partial charge in [0.25, 0.3) is 5.91 Å². The van der Waals surface area contributed by atoms with Crippen molar-refractivity contribution in [2.45, 2.75) is 45.1 Å². The van der Waals surface area contributed by atoms with Crippen molar-refractivity contribution in [3.05, 3.63) is 143 Å². The molecule has 0 radical (unpaired) electrons. The van der Waals surface area contributed by atoms with Gasteiger partial charge in [-0.25, -0.2) is 0 Å². The minimum atomic E-state index is -0.531. The number of benzene rings is 4. The monoisotopic (exact) mass is 550 g/mol. The van der Waals surface area contributed by atoms with Crippen LogP contribution in [0.2, 0.25) is 0 Å². The Bertz CT molecular complexity index is 1380. The number of hydrogen-bond acceptors (Lipinski definition) is 5. The molecule has 1 saturated heterocycles. The Kier molecular flexibility index (Phi) is 9.59.